The summed E-state index contributed by atoms with van der Waals surface area (Å²) in [4.78, 5) is 24.1. The van der Waals surface area contributed by atoms with Crippen LogP contribution in [0.25, 0.3) is 0 Å². The molecule has 1 amide bonds. The third-order valence-corrected chi connectivity index (χ3v) is 3.61. The van der Waals surface area contributed by atoms with E-state index in [0.717, 1.165) is 11.3 Å². The van der Waals surface area contributed by atoms with Crippen LogP contribution < -0.4 is 14.8 Å². The molecule has 2 aromatic rings. The largest absolute Gasteiger partial charge is 0.496 e. The fourth-order valence-electron chi connectivity index (χ4n) is 2.38. The fraction of sp³-hybridized carbons (Fsp3) is 0.300. The molecule has 6 nitrogen and oxygen atoms in total. The second-order valence-electron chi connectivity index (χ2n) is 5.90. The summed E-state index contributed by atoms with van der Waals surface area (Å²) in [6, 6.07) is 12.0. The predicted octanol–water partition coefficient (Wildman–Crippen LogP) is 3.20. The quantitative estimate of drug-likeness (QED) is 0.770. The Labute approximate surface area is 153 Å². The van der Waals surface area contributed by atoms with Gasteiger partial charge in [0, 0.05) is 12.1 Å². The minimum absolute atomic E-state index is 0.0776. The van der Waals surface area contributed by atoms with Crippen LogP contribution >= 0.6 is 0 Å². The Morgan fingerprint density at radius 1 is 1.04 bits per heavy atom. The molecule has 0 aromatic heterocycles. The van der Waals surface area contributed by atoms with Crippen molar-refractivity contribution in [1.82, 2.24) is 5.32 Å². The molecule has 0 atom stereocenters. The Morgan fingerprint density at radius 2 is 1.73 bits per heavy atom. The summed E-state index contributed by atoms with van der Waals surface area (Å²) in [7, 11) is 2.79. The molecule has 0 aliphatic heterocycles. The van der Waals surface area contributed by atoms with Gasteiger partial charge in [0.15, 0.2) is 0 Å². The number of esters is 1. The first-order valence-corrected chi connectivity index (χ1v) is 8.24. The summed E-state index contributed by atoms with van der Waals surface area (Å²) in [6.45, 7) is 4.16. The fourth-order valence-corrected chi connectivity index (χ4v) is 2.38. The van der Waals surface area contributed by atoms with Gasteiger partial charge in [0.25, 0.3) is 5.91 Å². The van der Waals surface area contributed by atoms with Crippen molar-refractivity contribution >= 4 is 11.9 Å². The van der Waals surface area contributed by atoms with Crippen LogP contribution in [0.3, 0.4) is 0 Å². The van der Waals surface area contributed by atoms with Gasteiger partial charge in [0.2, 0.25) is 0 Å². The molecule has 0 saturated heterocycles. The topological polar surface area (TPSA) is 73.9 Å². The SMILES string of the molecule is COC(=O)c1cc(CNC(=O)c2ccc(OC(C)C)cc2)ccc1OC. The van der Waals surface area contributed by atoms with Crippen LogP contribution in [0.4, 0.5) is 0 Å². The standard InChI is InChI=1S/C20H23NO5/c1-13(2)26-16-8-6-15(7-9-16)19(22)21-12-14-5-10-18(24-3)17(11-14)20(23)25-4/h5-11,13H,12H2,1-4H3,(H,21,22). The number of ether oxygens (including phenoxy) is 3. The smallest absolute Gasteiger partial charge is 0.341 e. The van der Waals surface area contributed by atoms with Crippen LogP contribution in [0.15, 0.2) is 42.5 Å². The number of hydrogen-bond donors (Lipinski definition) is 1. The summed E-state index contributed by atoms with van der Waals surface area (Å²) >= 11 is 0. The summed E-state index contributed by atoms with van der Waals surface area (Å²) < 4.78 is 15.5. The van der Waals surface area contributed by atoms with E-state index in [1.807, 2.05) is 13.8 Å². The number of amides is 1. The molecular weight excluding hydrogens is 334 g/mol. The molecule has 138 valence electrons. The van der Waals surface area contributed by atoms with Crippen LogP contribution in [0.2, 0.25) is 0 Å². The average Bonchev–Trinajstić information content (AvgIpc) is 2.65. The molecule has 6 heteroatoms. The van der Waals surface area contributed by atoms with Crippen molar-refractivity contribution in [2.75, 3.05) is 14.2 Å². The number of methoxy groups -OCH3 is 2. The zero-order valence-corrected chi connectivity index (χ0v) is 15.4. The second kappa shape index (κ2) is 8.89. The second-order valence-corrected chi connectivity index (χ2v) is 5.90. The van der Waals surface area contributed by atoms with Crippen LogP contribution in [0.5, 0.6) is 11.5 Å². The van der Waals surface area contributed by atoms with Crippen molar-refractivity contribution in [3.05, 3.63) is 59.2 Å². The van der Waals surface area contributed by atoms with E-state index in [4.69, 9.17) is 14.2 Å². The van der Waals surface area contributed by atoms with Crippen LogP contribution in [0.1, 0.15) is 40.1 Å². The van der Waals surface area contributed by atoms with Gasteiger partial charge in [-0.2, -0.15) is 0 Å². The highest BCUT2D eigenvalue weighted by atomic mass is 16.5. The molecule has 1 N–H and O–H groups in total. The highest BCUT2D eigenvalue weighted by molar-refractivity contribution is 5.94. The minimum Gasteiger partial charge on any atom is -0.496 e. The van der Waals surface area contributed by atoms with Gasteiger partial charge in [-0.1, -0.05) is 6.07 Å². The lowest BCUT2D eigenvalue weighted by molar-refractivity contribution is 0.0597. The molecule has 0 unspecified atom stereocenters. The van der Waals surface area contributed by atoms with E-state index in [2.05, 4.69) is 5.32 Å². The van der Waals surface area contributed by atoms with Gasteiger partial charge < -0.3 is 19.5 Å². The van der Waals surface area contributed by atoms with Crippen molar-refractivity contribution < 1.29 is 23.8 Å². The van der Waals surface area contributed by atoms with Crippen LogP contribution in [-0.2, 0) is 11.3 Å². The summed E-state index contributed by atoms with van der Waals surface area (Å²) in [5.41, 5.74) is 1.61. The first-order valence-electron chi connectivity index (χ1n) is 8.24. The number of hydrogen-bond acceptors (Lipinski definition) is 5. The Kier molecular flexibility index (Phi) is 6.60. The minimum atomic E-state index is -0.490. The molecule has 0 bridgehead atoms. The Bertz CT molecular complexity index is 768. The lowest BCUT2D eigenvalue weighted by atomic mass is 10.1. The number of rotatable bonds is 7. The van der Waals surface area contributed by atoms with E-state index in [0.29, 0.717) is 16.9 Å². The third-order valence-electron chi connectivity index (χ3n) is 3.61. The molecule has 0 aliphatic rings. The highest BCUT2D eigenvalue weighted by Crippen LogP contribution is 2.21. The van der Waals surface area contributed by atoms with E-state index in [-0.39, 0.29) is 18.6 Å². The molecule has 0 aliphatic carbocycles. The van der Waals surface area contributed by atoms with E-state index >= 15 is 0 Å². The van der Waals surface area contributed by atoms with Crippen molar-refractivity contribution in [3.63, 3.8) is 0 Å². The Hall–Kier alpha value is -3.02. The Balaban J connectivity index is 2.03. The van der Waals surface area contributed by atoms with Crippen LogP contribution in [0, 0.1) is 0 Å². The monoisotopic (exact) mass is 357 g/mol. The maximum atomic E-state index is 12.3. The number of nitrogens with one attached hydrogen (secondary N) is 1. The molecule has 0 radical (unpaired) electrons. The number of carbonyl (C=O) groups is 2. The number of carbonyl (C=O) groups excluding carboxylic acids is 2. The van der Waals surface area contributed by atoms with E-state index in [9.17, 15) is 9.59 Å². The molecule has 0 fully saturated rings. The van der Waals surface area contributed by atoms with E-state index in [1.54, 1.807) is 42.5 Å². The van der Waals surface area contributed by atoms with Gasteiger partial charge in [0.05, 0.1) is 20.3 Å². The lowest BCUT2D eigenvalue weighted by Crippen LogP contribution is -2.23. The zero-order chi connectivity index (χ0) is 19.1. The summed E-state index contributed by atoms with van der Waals surface area (Å²) in [6.07, 6.45) is 0.0776. The van der Waals surface area contributed by atoms with Crippen LogP contribution in [-0.4, -0.2) is 32.2 Å². The van der Waals surface area contributed by atoms with Crippen molar-refractivity contribution in [2.45, 2.75) is 26.5 Å². The predicted molar refractivity (Wildman–Crippen MR) is 97.7 cm³/mol. The van der Waals surface area contributed by atoms with Gasteiger partial charge in [-0.25, -0.2) is 4.79 Å². The van der Waals surface area contributed by atoms with Gasteiger partial charge in [-0.3, -0.25) is 4.79 Å². The molecule has 0 spiro atoms. The summed E-state index contributed by atoms with van der Waals surface area (Å²) in [5.74, 6) is 0.439. The molecule has 0 heterocycles. The molecule has 0 saturated carbocycles. The van der Waals surface area contributed by atoms with E-state index in [1.165, 1.54) is 14.2 Å². The molecule has 2 rings (SSSR count). The van der Waals surface area contributed by atoms with Crippen molar-refractivity contribution in [3.8, 4) is 11.5 Å². The molecular formula is C20H23NO5. The number of benzene rings is 2. The maximum Gasteiger partial charge on any atom is 0.341 e. The van der Waals surface area contributed by atoms with Gasteiger partial charge >= 0.3 is 5.97 Å². The van der Waals surface area contributed by atoms with E-state index < -0.39 is 5.97 Å². The van der Waals surface area contributed by atoms with Gasteiger partial charge in [-0.15, -0.1) is 0 Å². The summed E-state index contributed by atoms with van der Waals surface area (Å²) in [5, 5.41) is 2.82. The first kappa shape index (κ1) is 19.3. The van der Waals surface area contributed by atoms with Crippen molar-refractivity contribution in [2.24, 2.45) is 0 Å². The first-order chi connectivity index (χ1) is 12.4. The molecule has 2 aromatic carbocycles. The highest BCUT2D eigenvalue weighted by Gasteiger charge is 2.14. The van der Waals surface area contributed by atoms with Gasteiger partial charge in [-0.05, 0) is 55.8 Å². The Morgan fingerprint density at radius 3 is 2.31 bits per heavy atom. The normalized spacial score (nSPS) is 10.3. The lowest BCUT2D eigenvalue weighted by Gasteiger charge is -2.11. The average molecular weight is 357 g/mol. The maximum absolute atomic E-state index is 12.3. The van der Waals surface area contributed by atoms with Gasteiger partial charge in [0.1, 0.15) is 17.1 Å². The molecule has 26 heavy (non-hydrogen) atoms. The van der Waals surface area contributed by atoms with Crippen molar-refractivity contribution in [1.29, 1.82) is 0 Å². The third kappa shape index (κ3) is 4.99. The zero-order valence-electron chi connectivity index (χ0n) is 15.4.